The molecule has 0 fully saturated rings. The third kappa shape index (κ3) is 6.39. The van der Waals surface area contributed by atoms with Crippen LogP contribution in [0.3, 0.4) is 0 Å². The topological polar surface area (TPSA) is 73.8 Å². The maximum absolute atomic E-state index is 11.8. The van der Waals surface area contributed by atoms with Crippen LogP contribution in [0.2, 0.25) is 0 Å². The van der Waals surface area contributed by atoms with Gasteiger partial charge in [-0.15, -0.1) is 0 Å². The molecule has 0 unspecified atom stereocenters. The van der Waals surface area contributed by atoms with E-state index in [2.05, 4.69) is 15.8 Å². The summed E-state index contributed by atoms with van der Waals surface area (Å²) >= 11 is 0. The molecule has 0 aliphatic rings. The minimum absolute atomic E-state index is 0.134. The lowest BCUT2D eigenvalue weighted by atomic mass is 10.2. The minimum Gasteiger partial charge on any atom is -0.378 e. The minimum atomic E-state index is -0.180. The lowest BCUT2D eigenvalue weighted by Crippen LogP contribution is -2.26. The lowest BCUT2D eigenvalue weighted by Gasteiger charge is -2.11. The fraction of sp³-hybridized carbons (Fsp3) is 0.250. The van der Waals surface area contributed by atoms with E-state index in [-0.39, 0.29) is 11.8 Å². The van der Waals surface area contributed by atoms with Crippen molar-refractivity contribution in [1.29, 1.82) is 0 Å². The van der Waals surface area contributed by atoms with Crippen molar-refractivity contribution in [3.8, 4) is 0 Å². The number of nitrogens with one attached hydrogen (secondary N) is 2. The highest BCUT2D eigenvalue weighted by atomic mass is 16.2. The Morgan fingerprint density at radius 3 is 2.38 bits per heavy atom. The molecule has 0 saturated heterocycles. The molecule has 0 aliphatic heterocycles. The van der Waals surface area contributed by atoms with Gasteiger partial charge in [-0.05, 0) is 36.2 Å². The molecule has 0 radical (unpaired) electrons. The van der Waals surface area contributed by atoms with Crippen LogP contribution in [0.15, 0.2) is 59.7 Å². The summed E-state index contributed by atoms with van der Waals surface area (Å²) in [5.74, 6) is -0.315. The molecule has 2 aromatic carbocycles. The first-order valence-electron chi connectivity index (χ1n) is 8.49. The highest BCUT2D eigenvalue weighted by Crippen LogP contribution is 2.10. The largest absolute Gasteiger partial charge is 0.378 e. The summed E-state index contributed by atoms with van der Waals surface area (Å²) in [5, 5.41) is 6.74. The lowest BCUT2D eigenvalue weighted by molar-refractivity contribution is -0.121. The molecular weight excluding hydrogens is 328 g/mol. The van der Waals surface area contributed by atoms with Gasteiger partial charge in [0.15, 0.2) is 0 Å². The number of hydrazone groups is 1. The summed E-state index contributed by atoms with van der Waals surface area (Å²) < 4.78 is 0. The van der Waals surface area contributed by atoms with Gasteiger partial charge in [0.05, 0.1) is 6.21 Å². The number of anilines is 1. The van der Waals surface area contributed by atoms with Crippen LogP contribution >= 0.6 is 0 Å². The summed E-state index contributed by atoms with van der Waals surface area (Å²) in [6.07, 6.45) is 2.46. The number of benzene rings is 2. The van der Waals surface area contributed by atoms with Crippen LogP contribution in [0.1, 0.15) is 28.8 Å². The van der Waals surface area contributed by atoms with Gasteiger partial charge in [0.25, 0.3) is 5.91 Å². The zero-order valence-corrected chi connectivity index (χ0v) is 15.1. The fourth-order valence-corrected chi connectivity index (χ4v) is 2.24. The Morgan fingerprint density at radius 1 is 1.04 bits per heavy atom. The smallest absolute Gasteiger partial charge is 0.251 e. The van der Waals surface area contributed by atoms with Crippen molar-refractivity contribution in [2.75, 3.05) is 25.5 Å². The zero-order valence-electron chi connectivity index (χ0n) is 15.1. The number of nitrogens with zero attached hydrogens (tertiary/aromatic N) is 2. The third-order valence-corrected chi connectivity index (χ3v) is 3.71. The Hall–Kier alpha value is -3.15. The number of amides is 2. The molecule has 6 heteroatoms. The van der Waals surface area contributed by atoms with Crippen molar-refractivity contribution in [3.05, 3.63) is 65.7 Å². The van der Waals surface area contributed by atoms with Crippen LogP contribution in [-0.2, 0) is 4.79 Å². The molecule has 26 heavy (non-hydrogen) atoms. The van der Waals surface area contributed by atoms with Crippen LogP contribution in [-0.4, -0.2) is 38.7 Å². The Balaban J connectivity index is 1.65. The van der Waals surface area contributed by atoms with Crippen LogP contribution in [0, 0.1) is 0 Å². The van der Waals surface area contributed by atoms with Gasteiger partial charge in [0.1, 0.15) is 0 Å². The summed E-state index contributed by atoms with van der Waals surface area (Å²) in [6.45, 7) is 0.441. The van der Waals surface area contributed by atoms with E-state index in [4.69, 9.17) is 0 Å². The monoisotopic (exact) mass is 352 g/mol. The number of carbonyl (C=O) groups excluding carboxylic acids is 2. The van der Waals surface area contributed by atoms with E-state index in [1.165, 1.54) is 0 Å². The van der Waals surface area contributed by atoms with Crippen LogP contribution in [0.5, 0.6) is 0 Å². The first-order valence-corrected chi connectivity index (χ1v) is 8.49. The molecule has 0 atom stereocenters. The van der Waals surface area contributed by atoms with Gasteiger partial charge in [-0.2, -0.15) is 5.10 Å². The highest BCUT2D eigenvalue weighted by molar-refractivity contribution is 5.94. The fourth-order valence-electron chi connectivity index (χ4n) is 2.24. The van der Waals surface area contributed by atoms with Gasteiger partial charge in [-0.25, -0.2) is 5.43 Å². The Kier molecular flexibility index (Phi) is 7.36. The highest BCUT2D eigenvalue weighted by Gasteiger charge is 2.04. The molecule has 0 aromatic heterocycles. The molecule has 2 amide bonds. The molecule has 0 heterocycles. The van der Waals surface area contributed by atoms with Crippen molar-refractivity contribution in [2.45, 2.75) is 12.8 Å². The predicted octanol–water partition coefficient (Wildman–Crippen LogP) is 2.41. The summed E-state index contributed by atoms with van der Waals surface area (Å²) in [4.78, 5) is 25.6. The molecular formula is C20H24N4O2. The van der Waals surface area contributed by atoms with E-state index in [0.29, 0.717) is 24.9 Å². The van der Waals surface area contributed by atoms with Gasteiger partial charge < -0.3 is 10.2 Å². The zero-order chi connectivity index (χ0) is 18.8. The molecule has 0 saturated carbocycles. The molecule has 0 spiro atoms. The second kappa shape index (κ2) is 9.98. The summed E-state index contributed by atoms with van der Waals surface area (Å²) in [5.41, 5.74) is 5.12. The molecule has 2 rings (SSSR count). The first kappa shape index (κ1) is 19.2. The van der Waals surface area contributed by atoms with Crippen LogP contribution in [0.25, 0.3) is 0 Å². The van der Waals surface area contributed by atoms with E-state index in [0.717, 1.165) is 11.3 Å². The van der Waals surface area contributed by atoms with E-state index in [1.54, 1.807) is 18.3 Å². The van der Waals surface area contributed by atoms with Gasteiger partial charge in [-0.3, -0.25) is 9.59 Å². The van der Waals surface area contributed by atoms with Crippen molar-refractivity contribution in [1.82, 2.24) is 10.7 Å². The number of rotatable bonds is 8. The Bertz CT molecular complexity index is 740. The maximum atomic E-state index is 11.8. The van der Waals surface area contributed by atoms with E-state index >= 15 is 0 Å². The van der Waals surface area contributed by atoms with E-state index in [9.17, 15) is 9.59 Å². The number of carbonyl (C=O) groups is 2. The molecule has 0 aliphatic carbocycles. The average Bonchev–Trinajstić information content (AvgIpc) is 2.66. The van der Waals surface area contributed by atoms with E-state index < -0.39 is 0 Å². The molecule has 136 valence electrons. The molecule has 6 nitrogen and oxygen atoms in total. The van der Waals surface area contributed by atoms with Crippen molar-refractivity contribution in [2.24, 2.45) is 5.10 Å². The van der Waals surface area contributed by atoms with Gasteiger partial charge in [-0.1, -0.05) is 30.3 Å². The van der Waals surface area contributed by atoms with Gasteiger partial charge in [0, 0.05) is 38.3 Å². The van der Waals surface area contributed by atoms with Crippen molar-refractivity contribution >= 4 is 23.7 Å². The van der Waals surface area contributed by atoms with E-state index in [1.807, 2.05) is 61.5 Å². The SMILES string of the molecule is CN(C)c1ccc(/C=N/NC(=O)CCCNC(=O)c2ccccc2)cc1. The first-order chi connectivity index (χ1) is 12.6. The van der Waals surface area contributed by atoms with Crippen LogP contribution in [0.4, 0.5) is 5.69 Å². The summed E-state index contributed by atoms with van der Waals surface area (Å²) in [7, 11) is 3.96. The molecule has 0 bridgehead atoms. The number of hydrogen-bond donors (Lipinski definition) is 2. The quantitative estimate of drug-likeness (QED) is 0.435. The molecule has 2 aromatic rings. The Labute approximate surface area is 153 Å². The maximum Gasteiger partial charge on any atom is 0.251 e. The van der Waals surface area contributed by atoms with Crippen molar-refractivity contribution in [3.63, 3.8) is 0 Å². The van der Waals surface area contributed by atoms with Crippen LogP contribution < -0.4 is 15.6 Å². The second-order valence-corrected chi connectivity index (χ2v) is 6.00. The van der Waals surface area contributed by atoms with Gasteiger partial charge >= 0.3 is 0 Å². The van der Waals surface area contributed by atoms with Crippen molar-refractivity contribution < 1.29 is 9.59 Å². The second-order valence-electron chi connectivity index (χ2n) is 6.00. The summed E-state index contributed by atoms with van der Waals surface area (Å²) in [6, 6.07) is 16.8. The normalized spacial score (nSPS) is 10.5. The van der Waals surface area contributed by atoms with Gasteiger partial charge in [0.2, 0.25) is 5.91 Å². The number of hydrogen-bond acceptors (Lipinski definition) is 4. The predicted molar refractivity (Wildman–Crippen MR) is 105 cm³/mol. The Morgan fingerprint density at radius 2 is 1.73 bits per heavy atom. The standard InChI is InChI=1S/C20H24N4O2/c1-24(2)18-12-10-16(11-13-18)15-22-23-19(25)9-6-14-21-20(26)17-7-4-3-5-8-17/h3-5,7-8,10-13,15H,6,9,14H2,1-2H3,(H,21,26)(H,23,25)/b22-15+. The molecule has 2 N–H and O–H groups in total. The average molecular weight is 352 g/mol. The third-order valence-electron chi connectivity index (χ3n) is 3.71.